The quantitative estimate of drug-likeness (QED) is 0.801. The number of benzene rings is 2. The zero-order valence-electron chi connectivity index (χ0n) is 14.7. The monoisotopic (exact) mass is 375 g/mol. The second-order valence-corrected chi connectivity index (χ2v) is 8.59. The maximum absolute atomic E-state index is 12.6. The van der Waals surface area contributed by atoms with Crippen molar-refractivity contribution < 1.29 is 22.7 Å². The zero-order chi connectivity index (χ0) is 18.7. The van der Waals surface area contributed by atoms with Crippen LogP contribution in [0.2, 0.25) is 0 Å². The minimum atomic E-state index is -3.10. The Labute approximate surface area is 153 Å². The SMILES string of the molecule is CN(C[C@H]1COc2ccccc2O1)C(=O)c1ccc(CS(C)(=O)=O)cc1. The van der Waals surface area contributed by atoms with Gasteiger partial charge in [0, 0.05) is 18.9 Å². The molecule has 1 atom stereocenters. The van der Waals surface area contributed by atoms with E-state index in [9.17, 15) is 13.2 Å². The lowest BCUT2D eigenvalue weighted by molar-refractivity contribution is 0.0521. The maximum Gasteiger partial charge on any atom is 0.253 e. The van der Waals surface area contributed by atoms with Crippen molar-refractivity contribution in [1.29, 1.82) is 0 Å². The highest BCUT2D eigenvalue weighted by Gasteiger charge is 2.24. The van der Waals surface area contributed by atoms with Crippen LogP contribution >= 0.6 is 0 Å². The fraction of sp³-hybridized carbons (Fsp3) is 0.316. The molecule has 1 aliphatic rings. The topological polar surface area (TPSA) is 72.9 Å². The van der Waals surface area contributed by atoms with Gasteiger partial charge in [-0.1, -0.05) is 24.3 Å². The summed E-state index contributed by atoms with van der Waals surface area (Å²) in [6.45, 7) is 0.764. The van der Waals surface area contributed by atoms with Crippen molar-refractivity contribution in [3.8, 4) is 11.5 Å². The Balaban J connectivity index is 1.61. The number of sulfone groups is 1. The first kappa shape index (κ1) is 18.3. The van der Waals surface area contributed by atoms with Crippen LogP contribution in [-0.4, -0.2) is 51.8 Å². The van der Waals surface area contributed by atoms with Crippen LogP contribution < -0.4 is 9.47 Å². The number of para-hydroxylation sites is 2. The Morgan fingerprint density at radius 3 is 2.42 bits per heavy atom. The predicted molar refractivity (Wildman–Crippen MR) is 98.3 cm³/mol. The number of fused-ring (bicyclic) bond motifs is 1. The average molecular weight is 375 g/mol. The molecule has 1 heterocycles. The number of nitrogens with zero attached hydrogens (tertiary/aromatic N) is 1. The average Bonchev–Trinajstić information content (AvgIpc) is 2.60. The Morgan fingerprint density at radius 2 is 1.77 bits per heavy atom. The largest absolute Gasteiger partial charge is 0.486 e. The van der Waals surface area contributed by atoms with E-state index in [0.29, 0.717) is 35.8 Å². The van der Waals surface area contributed by atoms with Gasteiger partial charge in [-0.15, -0.1) is 0 Å². The molecular formula is C19H21NO5S. The fourth-order valence-electron chi connectivity index (χ4n) is 2.81. The van der Waals surface area contributed by atoms with Gasteiger partial charge in [0.2, 0.25) is 0 Å². The number of likely N-dealkylation sites (N-methyl/N-ethyl adjacent to an activating group) is 1. The standard InChI is InChI=1S/C19H21NO5S/c1-20(11-16-12-24-17-5-3-4-6-18(17)25-16)19(21)15-9-7-14(8-10-15)13-26(2,22)23/h3-10,16H,11-13H2,1-2H3/t16-/m0/s1. The van der Waals surface area contributed by atoms with Crippen LogP contribution in [0, 0.1) is 0 Å². The van der Waals surface area contributed by atoms with Crippen LogP contribution in [-0.2, 0) is 15.6 Å². The molecule has 3 rings (SSSR count). The van der Waals surface area contributed by atoms with E-state index in [1.807, 2.05) is 24.3 Å². The summed E-state index contributed by atoms with van der Waals surface area (Å²) in [7, 11) is -1.39. The maximum atomic E-state index is 12.6. The Hall–Kier alpha value is -2.54. The predicted octanol–water partition coefficient (Wildman–Crippen LogP) is 2.14. The summed E-state index contributed by atoms with van der Waals surface area (Å²) in [6.07, 6.45) is 0.938. The molecule has 138 valence electrons. The van der Waals surface area contributed by atoms with Gasteiger partial charge in [-0.25, -0.2) is 8.42 Å². The normalized spacial score (nSPS) is 16.2. The summed E-state index contributed by atoms with van der Waals surface area (Å²) in [6, 6.07) is 14.1. The summed E-state index contributed by atoms with van der Waals surface area (Å²) < 4.78 is 34.2. The molecular weight excluding hydrogens is 354 g/mol. The van der Waals surface area contributed by atoms with E-state index in [-0.39, 0.29) is 17.8 Å². The van der Waals surface area contributed by atoms with Crippen LogP contribution in [0.1, 0.15) is 15.9 Å². The van der Waals surface area contributed by atoms with Crippen molar-refractivity contribution in [2.24, 2.45) is 0 Å². The first-order valence-corrected chi connectivity index (χ1v) is 10.3. The molecule has 0 aliphatic carbocycles. The minimum Gasteiger partial charge on any atom is -0.486 e. The first-order valence-electron chi connectivity index (χ1n) is 8.22. The van der Waals surface area contributed by atoms with Crippen LogP contribution in [0.25, 0.3) is 0 Å². The van der Waals surface area contributed by atoms with Crippen molar-refractivity contribution in [3.63, 3.8) is 0 Å². The molecule has 0 bridgehead atoms. The smallest absolute Gasteiger partial charge is 0.253 e. The Kier molecular flexibility index (Phi) is 5.18. The first-order chi connectivity index (χ1) is 12.3. The molecule has 0 fully saturated rings. The van der Waals surface area contributed by atoms with Crippen molar-refractivity contribution in [2.45, 2.75) is 11.9 Å². The molecule has 0 radical (unpaired) electrons. The summed E-state index contributed by atoms with van der Waals surface area (Å²) >= 11 is 0. The van der Waals surface area contributed by atoms with Gasteiger partial charge < -0.3 is 14.4 Å². The van der Waals surface area contributed by atoms with Crippen molar-refractivity contribution in [1.82, 2.24) is 4.90 Å². The van der Waals surface area contributed by atoms with Gasteiger partial charge in [0.05, 0.1) is 12.3 Å². The molecule has 0 unspecified atom stereocenters. The number of hydrogen-bond acceptors (Lipinski definition) is 5. The molecule has 7 heteroatoms. The third-order valence-electron chi connectivity index (χ3n) is 4.02. The number of rotatable bonds is 5. The van der Waals surface area contributed by atoms with Crippen LogP contribution in [0.15, 0.2) is 48.5 Å². The van der Waals surface area contributed by atoms with Crippen molar-refractivity contribution >= 4 is 15.7 Å². The van der Waals surface area contributed by atoms with Gasteiger partial charge in [0.15, 0.2) is 27.4 Å². The van der Waals surface area contributed by atoms with Crippen molar-refractivity contribution in [3.05, 3.63) is 59.7 Å². The summed E-state index contributed by atoms with van der Waals surface area (Å²) in [4.78, 5) is 14.1. The Bertz CT molecular complexity index is 892. The number of carbonyl (C=O) groups is 1. The second kappa shape index (κ2) is 7.37. The number of ether oxygens (including phenoxy) is 2. The molecule has 0 aromatic heterocycles. The summed E-state index contributed by atoms with van der Waals surface area (Å²) in [5, 5.41) is 0. The number of carbonyl (C=O) groups excluding carboxylic acids is 1. The number of amides is 1. The van der Waals surface area contributed by atoms with Crippen LogP contribution in [0.4, 0.5) is 0 Å². The van der Waals surface area contributed by atoms with E-state index < -0.39 is 9.84 Å². The molecule has 2 aromatic carbocycles. The molecule has 2 aromatic rings. The molecule has 1 amide bonds. The highest BCUT2D eigenvalue weighted by atomic mass is 32.2. The van der Waals surface area contributed by atoms with E-state index >= 15 is 0 Å². The number of hydrogen-bond donors (Lipinski definition) is 0. The van der Waals surface area contributed by atoms with E-state index in [2.05, 4.69) is 0 Å². The lowest BCUT2D eigenvalue weighted by atomic mass is 10.1. The highest BCUT2D eigenvalue weighted by Crippen LogP contribution is 2.31. The molecule has 0 N–H and O–H groups in total. The fourth-order valence-corrected chi connectivity index (χ4v) is 3.61. The third kappa shape index (κ3) is 4.54. The van der Waals surface area contributed by atoms with Gasteiger partial charge in [0.25, 0.3) is 5.91 Å². The molecule has 26 heavy (non-hydrogen) atoms. The van der Waals surface area contributed by atoms with Gasteiger partial charge in [-0.05, 0) is 29.8 Å². The highest BCUT2D eigenvalue weighted by molar-refractivity contribution is 7.89. The lowest BCUT2D eigenvalue weighted by Gasteiger charge is -2.29. The van der Waals surface area contributed by atoms with Crippen molar-refractivity contribution in [2.75, 3.05) is 26.5 Å². The van der Waals surface area contributed by atoms with Gasteiger partial charge in [-0.2, -0.15) is 0 Å². The minimum absolute atomic E-state index is 0.0377. The molecule has 6 nitrogen and oxygen atoms in total. The van der Waals surface area contributed by atoms with E-state index in [1.165, 1.54) is 6.26 Å². The summed E-state index contributed by atoms with van der Waals surface area (Å²) in [5.74, 6) is 1.19. The van der Waals surface area contributed by atoms with Gasteiger partial charge >= 0.3 is 0 Å². The molecule has 0 saturated heterocycles. The van der Waals surface area contributed by atoms with E-state index in [1.54, 1.807) is 36.2 Å². The molecule has 0 spiro atoms. The summed E-state index contributed by atoms with van der Waals surface area (Å²) in [5.41, 5.74) is 1.16. The molecule has 1 aliphatic heterocycles. The van der Waals surface area contributed by atoms with E-state index in [0.717, 1.165) is 0 Å². The molecule has 0 saturated carbocycles. The Morgan fingerprint density at radius 1 is 1.12 bits per heavy atom. The van der Waals surface area contributed by atoms with Crippen LogP contribution in [0.5, 0.6) is 11.5 Å². The second-order valence-electron chi connectivity index (χ2n) is 6.45. The van der Waals surface area contributed by atoms with Crippen LogP contribution in [0.3, 0.4) is 0 Å². The van der Waals surface area contributed by atoms with Gasteiger partial charge in [0.1, 0.15) is 6.61 Å². The van der Waals surface area contributed by atoms with E-state index in [4.69, 9.17) is 9.47 Å². The zero-order valence-corrected chi connectivity index (χ0v) is 15.5. The lowest BCUT2D eigenvalue weighted by Crippen LogP contribution is -2.41. The third-order valence-corrected chi connectivity index (χ3v) is 4.88. The van der Waals surface area contributed by atoms with Gasteiger partial charge in [-0.3, -0.25) is 4.79 Å².